The van der Waals surface area contributed by atoms with Crippen molar-refractivity contribution in [2.75, 3.05) is 11.1 Å². The molecule has 0 aliphatic carbocycles. The third-order valence-electron chi connectivity index (χ3n) is 2.37. The molecule has 3 N–H and O–H groups in total. The number of hydrogen-bond acceptors (Lipinski definition) is 2. The van der Waals surface area contributed by atoms with Crippen molar-refractivity contribution in [1.29, 1.82) is 0 Å². The third-order valence-corrected chi connectivity index (χ3v) is 2.37. The Morgan fingerprint density at radius 1 is 1.12 bits per heavy atom. The van der Waals surface area contributed by atoms with Gasteiger partial charge in [0.05, 0.1) is 0 Å². The van der Waals surface area contributed by atoms with E-state index in [1.165, 1.54) is 12.1 Å². The Kier molecular flexibility index (Phi) is 2.77. The molecule has 0 amide bonds. The quantitative estimate of drug-likeness (QED) is 0.754. The molecule has 2 nitrogen and oxygen atoms in total. The molecule has 0 unspecified atom stereocenters. The molecule has 0 saturated carbocycles. The normalized spacial score (nSPS) is 10.1. The standard InChI is InChI=1S/C13H13FN2/c1-9-5-6-11(15)8-13(9)16-12-4-2-3-10(14)7-12/h2-8,16H,15H2,1H3. The fraction of sp³-hybridized carbons (Fsp3) is 0.0769. The zero-order valence-corrected chi connectivity index (χ0v) is 9.00. The summed E-state index contributed by atoms with van der Waals surface area (Å²) in [6, 6.07) is 11.9. The first-order valence-electron chi connectivity index (χ1n) is 5.04. The van der Waals surface area contributed by atoms with Gasteiger partial charge in [0.2, 0.25) is 0 Å². The van der Waals surface area contributed by atoms with E-state index in [1.807, 2.05) is 31.2 Å². The van der Waals surface area contributed by atoms with Gasteiger partial charge < -0.3 is 11.1 Å². The summed E-state index contributed by atoms with van der Waals surface area (Å²) >= 11 is 0. The number of hydrogen-bond donors (Lipinski definition) is 2. The molecule has 0 fully saturated rings. The van der Waals surface area contributed by atoms with E-state index in [4.69, 9.17) is 5.73 Å². The van der Waals surface area contributed by atoms with Gasteiger partial charge >= 0.3 is 0 Å². The molecule has 3 heteroatoms. The van der Waals surface area contributed by atoms with Crippen LogP contribution in [0.1, 0.15) is 5.56 Å². The number of rotatable bonds is 2. The highest BCUT2D eigenvalue weighted by molar-refractivity contribution is 5.66. The van der Waals surface area contributed by atoms with E-state index in [0.29, 0.717) is 11.4 Å². The molecule has 2 aromatic carbocycles. The third kappa shape index (κ3) is 2.31. The van der Waals surface area contributed by atoms with Gasteiger partial charge in [-0.25, -0.2) is 4.39 Å². The summed E-state index contributed by atoms with van der Waals surface area (Å²) in [5, 5.41) is 3.13. The lowest BCUT2D eigenvalue weighted by Gasteiger charge is -2.10. The Bertz CT molecular complexity index is 509. The van der Waals surface area contributed by atoms with Crippen molar-refractivity contribution in [3.63, 3.8) is 0 Å². The van der Waals surface area contributed by atoms with E-state index in [9.17, 15) is 4.39 Å². The molecular weight excluding hydrogens is 203 g/mol. The highest BCUT2D eigenvalue weighted by atomic mass is 19.1. The molecule has 0 aromatic heterocycles. The predicted octanol–water partition coefficient (Wildman–Crippen LogP) is 3.46. The largest absolute Gasteiger partial charge is 0.399 e. The minimum absolute atomic E-state index is 0.258. The van der Waals surface area contributed by atoms with Crippen LogP contribution in [0, 0.1) is 12.7 Å². The maximum atomic E-state index is 13.0. The molecule has 0 aliphatic rings. The maximum absolute atomic E-state index is 13.0. The Labute approximate surface area is 93.9 Å². The van der Waals surface area contributed by atoms with Crippen LogP contribution in [0.25, 0.3) is 0 Å². The molecule has 2 aromatic rings. The van der Waals surface area contributed by atoms with E-state index in [2.05, 4.69) is 5.32 Å². The Morgan fingerprint density at radius 3 is 2.69 bits per heavy atom. The number of nitrogen functional groups attached to an aromatic ring is 1. The van der Waals surface area contributed by atoms with E-state index >= 15 is 0 Å². The fourth-order valence-corrected chi connectivity index (χ4v) is 1.50. The molecule has 0 spiro atoms. The topological polar surface area (TPSA) is 38.0 Å². The van der Waals surface area contributed by atoms with E-state index in [-0.39, 0.29) is 5.82 Å². The van der Waals surface area contributed by atoms with E-state index in [0.717, 1.165) is 11.3 Å². The molecule has 0 atom stereocenters. The van der Waals surface area contributed by atoms with Gasteiger partial charge in [-0.15, -0.1) is 0 Å². The van der Waals surface area contributed by atoms with Gasteiger partial charge in [-0.3, -0.25) is 0 Å². The van der Waals surface area contributed by atoms with Crippen LogP contribution in [-0.2, 0) is 0 Å². The summed E-state index contributed by atoms with van der Waals surface area (Å²) in [5.41, 5.74) is 9.06. The molecule has 0 saturated heterocycles. The first kappa shape index (κ1) is 10.5. The van der Waals surface area contributed by atoms with Crippen LogP contribution < -0.4 is 11.1 Å². The maximum Gasteiger partial charge on any atom is 0.125 e. The number of nitrogens with two attached hydrogens (primary N) is 1. The van der Waals surface area contributed by atoms with Gasteiger partial charge in [-0.1, -0.05) is 12.1 Å². The molecule has 0 heterocycles. The average Bonchev–Trinajstić information content (AvgIpc) is 2.24. The first-order chi connectivity index (χ1) is 7.65. The van der Waals surface area contributed by atoms with Gasteiger partial charge in [0.15, 0.2) is 0 Å². The van der Waals surface area contributed by atoms with Gasteiger partial charge in [-0.05, 0) is 42.8 Å². The highest BCUT2D eigenvalue weighted by Gasteiger charge is 2.00. The first-order valence-corrected chi connectivity index (χ1v) is 5.04. The monoisotopic (exact) mass is 216 g/mol. The van der Waals surface area contributed by atoms with E-state index in [1.54, 1.807) is 6.07 Å². The number of nitrogens with one attached hydrogen (secondary N) is 1. The van der Waals surface area contributed by atoms with Gasteiger partial charge in [0, 0.05) is 17.1 Å². The van der Waals surface area contributed by atoms with Crippen molar-refractivity contribution in [3.05, 3.63) is 53.8 Å². The van der Waals surface area contributed by atoms with Crippen LogP contribution in [0.5, 0.6) is 0 Å². The molecule has 2 rings (SSSR count). The Hall–Kier alpha value is -2.03. The van der Waals surface area contributed by atoms with Gasteiger partial charge in [0.25, 0.3) is 0 Å². The number of halogens is 1. The second-order valence-electron chi connectivity index (χ2n) is 3.71. The van der Waals surface area contributed by atoms with Crippen molar-refractivity contribution in [1.82, 2.24) is 0 Å². The van der Waals surface area contributed by atoms with Crippen LogP contribution in [0.2, 0.25) is 0 Å². The predicted molar refractivity (Wildman–Crippen MR) is 65.3 cm³/mol. The number of aryl methyl sites for hydroxylation is 1. The average molecular weight is 216 g/mol. The minimum atomic E-state index is -0.258. The second-order valence-corrected chi connectivity index (χ2v) is 3.71. The zero-order valence-electron chi connectivity index (χ0n) is 9.00. The lowest BCUT2D eigenvalue weighted by molar-refractivity contribution is 0.628. The van der Waals surface area contributed by atoms with Crippen molar-refractivity contribution in [2.24, 2.45) is 0 Å². The molecule has 82 valence electrons. The van der Waals surface area contributed by atoms with Crippen molar-refractivity contribution in [2.45, 2.75) is 6.92 Å². The van der Waals surface area contributed by atoms with Crippen LogP contribution in [0.15, 0.2) is 42.5 Å². The number of benzene rings is 2. The SMILES string of the molecule is Cc1ccc(N)cc1Nc1cccc(F)c1. The summed E-state index contributed by atoms with van der Waals surface area (Å²) in [4.78, 5) is 0. The van der Waals surface area contributed by atoms with Crippen LogP contribution in [-0.4, -0.2) is 0 Å². The lowest BCUT2D eigenvalue weighted by atomic mass is 10.1. The minimum Gasteiger partial charge on any atom is -0.399 e. The van der Waals surface area contributed by atoms with Crippen molar-refractivity contribution in [3.8, 4) is 0 Å². The summed E-state index contributed by atoms with van der Waals surface area (Å²) in [7, 11) is 0. The Balaban J connectivity index is 2.30. The Morgan fingerprint density at radius 2 is 1.94 bits per heavy atom. The molecular formula is C13H13FN2. The highest BCUT2D eigenvalue weighted by Crippen LogP contribution is 2.23. The zero-order chi connectivity index (χ0) is 11.5. The van der Waals surface area contributed by atoms with Crippen LogP contribution in [0.3, 0.4) is 0 Å². The van der Waals surface area contributed by atoms with Gasteiger partial charge in [0.1, 0.15) is 5.82 Å². The second kappa shape index (κ2) is 4.23. The molecule has 0 radical (unpaired) electrons. The summed E-state index contributed by atoms with van der Waals surface area (Å²) in [6.45, 7) is 1.97. The molecule has 0 bridgehead atoms. The number of anilines is 3. The lowest BCUT2D eigenvalue weighted by Crippen LogP contribution is -1.95. The van der Waals surface area contributed by atoms with Crippen LogP contribution in [0.4, 0.5) is 21.5 Å². The molecule has 16 heavy (non-hydrogen) atoms. The summed E-state index contributed by atoms with van der Waals surface area (Å²) < 4.78 is 13.0. The summed E-state index contributed by atoms with van der Waals surface area (Å²) in [5.74, 6) is -0.258. The van der Waals surface area contributed by atoms with Crippen LogP contribution >= 0.6 is 0 Å². The van der Waals surface area contributed by atoms with Gasteiger partial charge in [-0.2, -0.15) is 0 Å². The van der Waals surface area contributed by atoms with E-state index < -0.39 is 0 Å². The van der Waals surface area contributed by atoms with Crippen molar-refractivity contribution < 1.29 is 4.39 Å². The smallest absolute Gasteiger partial charge is 0.125 e. The van der Waals surface area contributed by atoms with Crippen molar-refractivity contribution >= 4 is 17.1 Å². The summed E-state index contributed by atoms with van der Waals surface area (Å²) in [6.07, 6.45) is 0. The fourth-order valence-electron chi connectivity index (χ4n) is 1.50. The molecule has 0 aliphatic heterocycles.